The maximum absolute atomic E-state index is 12.1. The van der Waals surface area contributed by atoms with Crippen LogP contribution in [0.1, 0.15) is 37.7 Å². The van der Waals surface area contributed by atoms with E-state index in [0.717, 1.165) is 0 Å². The Bertz CT molecular complexity index is 558. The predicted molar refractivity (Wildman–Crippen MR) is 83.2 cm³/mol. The maximum atomic E-state index is 12.1. The van der Waals surface area contributed by atoms with Crippen LogP contribution in [0.3, 0.4) is 0 Å². The molecule has 0 aliphatic carbocycles. The summed E-state index contributed by atoms with van der Waals surface area (Å²) < 4.78 is 17.0. The number of carboxylic acids is 2. The quantitative estimate of drug-likeness (QED) is 0.417. The Morgan fingerprint density at radius 2 is 1.74 bits per heavy atom. The summed E-state index contributed by atoms with van der Waals surface area (Å²) in [5.74, 6) is -2.20. The average molecular weight is 344 g/mol. The molecule has 0 radical (unpaired) electrons. The topological polar surface area (TPSA) is 121 Å². The van der Waals surface area contributed by atoms with E-state index in [1.54, 1.807) is 30.3 Å². The van der Waals surface area contributed by atoms with Gasteiger partial charge in [-0.25, -0.2) is 4.79 Å². The molecule has 0 aromatic heterocycles. The third-order valence-electron chi connectivity index (χ3n) is 3.15. The van der Waals surface area contributed by atoms with E-state index in [9.17, 15) is 19.0 Å². The summed E-state index contributed by atoms with van der Waals surface area (Å²) >= 11 is 0. The molecule has 1 aromatic carbocycles. The minimum Gasteiger partial charge on any atom is -0.481 e. The number of unbranched alkanes of at least 4 members (excludes halogenated alkanes) is 2. The van der Waals surface area contributed by atoms with E-state index >= 15 is 0 Å². The molecule has 0 fully saturated rings. The van der Waals surface area contributed by atoms with Crippen molar-refractivity contribution in [2.24, 2.45) is 0 Å². The number of carbonyl (C=O) groups is 2. The first kappa shape index (κ1) is 19.4. The van der Waals surface area contributed by atoms with Crippen LogP contribution in [0.15, 0.2) is 30.3 Å². The Hall–Kier alpha value is -1.69. The third-order valence-corrected chi connectivity index (χ3v) is 4.50. The molecule has 0 saturated heterocycles. The van der Waals surface area contributed by atoms with E-state index in [2.05, 4.69) is 0 Å². The van der Waals surface area contributed by atoms with E-state index in [1.165, 1.54) is 0 Å². The van der Waals surface area contributed by atoms with E-state index in [1.807, 2.05) is 0 Å². The van der Waals surface area contributed by atoms with Gasteiger partial charge >= 0.3 is 19.5 Å². The van der Waals surface area contributed by atoms with Gasteiger partial charge in [-0.15, -0.1) is 0 Å². The lowest BCUT2D eigenvalue weighted by molar-refractivity contribution is -0.146. The van der Waals surface area contributed by atoms with E-state index < -0.39 is 25.6 Å². The minimum absolute atomic E-state index is 0.0189. The van der Waals surface area contributed by atoms with Crippen molar-refractivity contribution >= 4 is 19.5 Å². The molecular formula is C15H21O7P. The van der Waals surface area contributed by atoms with Crippen LogP contribution in [0, 0.1) is 0 Å². The SMILES string of the molecule is O=C(O)CCCCCC(OP(=O)(O)Cc1ccccc1)C(=O)O. The Balaban J connectivity index is 2.49. The number of hydrogen-bond acceptors (Lipinski definition) is 4. The molecule has 2 atom stereocenters. The average Bonchev–Trinajstić information content (AvgIpc) is 2.45. The summed E-state index contributed by atoms with van der Waals surface area (Å²) in [6, 6.07) is 8.52. The maximum Gasteiger partial charge on any atom is 0.333 e. The number of rotatable bonds is 11. The van der Waals surface area contributed by atoms with Crippen LogP contribution < -0.4 is 0 Å². The number of hydrogen-bond donors (Lipinski definition) is 3. The van der Waals surface area contributed by atoms with Crippen molar-refractivity contribution in [2.45, 2.75) is 44.4 Å². The van der Waals surface area contributed by atoms with Gasteiger partial charge in [0.2, 0.25) is 0 Å². The summed E-state index contributed by atoms with van der Waals surface area (Å²) in [7, 11) is -4.07. The van der Waals surface area contributed by atoms with Crippen molar-refractivity contribution < 1.29 is 33.8 Å². The van der Waals surface area contributed by atoms with Gasteiger partial charge < -0.3 is 15.1 Å². The number of benzene rings is 1. The second-order valence-corrected chi connectivity index (χ2v) is 7.01. The van der Waals surface area contributed by atoms with Crippen molar-refractivity contribution in [2.75, 3.05) is 0 Å². The lowest BCUT2D eigenvalue weighted by Crippen LogP contribution is -2.23. The summed E-state index contributed by atoms with van der Waals surface area (Å²) in [6.07, 6.45) is -0.179. The van der Waals surface area contributed by atoms with Gasteiger partial charge in [0.05, 0.1) is 6.16 Å². The molecule has 0 bridgehead atoms. The van der Waals surface area contributed by atoms with Crippen molar-refractivity contribution in [3.05, 3.63) is 35.9 Å². The standard InChI is InChI=1S/C15H21O7P/c16-14(17)10-6-2-5-9-13(15(18)19)22-23(20,21)11-12-7-3-1-4-8-12/h1,3-4,7-8,13H,2,5-6,9-11H2,(H,16,17)(H,18,19)(H,20,21). The van der Waals surface area contributed by atoms with Gasteiger partial charge in [-0.1, -0.05) is 43.2 Å². The highest BCUT2D eigenvalue weighted by atomic mass is 31.2. The monoisotopic (exact) mass is 344 g/mol. The van der Waals surface area contributed by atoms with Crippen LogP contribution in [0.4, 0.5) is 0 Å². The van der Waals surface area contributed by atoms with Crippen molar-refractivity contribution in [3.8, 4) is 0 Å². The molecule has 2 unspecified atom stereocenters. The fraction of sp³-hybridized carbons (Fsp3) is 0.467. The van der Waals surface area contributed by atoms with Gasteiger partial charge in [-0.3, -0.25) is 13.9 Å². The first-order valence-corrected chi connectivity index (χ1v) is 9.05. The van der Waals surface area contributed by atoms with E-state index in [-0.39, 0.29) is 19.0 Å². The molecule has 0 aliphatic rings. The van der Waals surface area contributed by atoms with Crippen LogP contribution in [0.5, 0.6) is 0 Å². The van der Waals surface area contributed by atoms with Gasteiger partial charge in [-0.2, -0.15) is 0 Å². The molecule has 0 heterocycles. The van der Waals surface area contributed by atoms with Crippen molar-refractivity contribution in [3.63, 3.8) is 0 Å². The smallest absolute Gasteiger partial charge is 0.333 e. The van der Waals surface area contributed by atoms with Gasteiger partial charge in [0.15, 0.2) is 6.10 Å². The van der Waals surface area contributed by atoms with E-state index in [4.69, 9.17) is 14.7 Å². The summed E-state index contributed by atoms with van der Waals surface area (Å²) in [6.45, 7) is 0. The van der Waals surface area contributed by atoms with Gasteiger partial charge in [-0.05, 0) is 18.4 Å². The molecular weight excluding hydrogens is 323 g/mol. The van der Waals surface area contributed by atoms with Gasteiger partial charge in [0.25, 0.3) is 0 Å². The van der Waals surface area contributed by atoms with Crippen LogP contribution in [-0.2, 0) is 24.8 Å². The van der Waals surface area contributed by atoms with Crippen LogP contribution >= 0.6 is 7.60 Å². The normalized spacial score (nSPS) is 14.8. The zero-order chi connectivity index (χ0) is 17.3. The molecule has 1 aromatic rings. The summed E-state index contributed by atoms with van der Waals surface area (Å²) in [4.78, 5) is 31.4. The molecule has 7 nitrogen and oxygen atoms in total. The number of carboxylic acid groups (broad SMARTS) is 2. The number of aliphatic carboxylic acids is 2. The first-order chi connectivity index (χ1) is 10.8. The van der Waals surface area contributed by atoms with Crippen LogP contribution in [-0.4, -0.2) is 33.1 Å². The zero-order valence-electron chi connectivity index (χ0n) is 12.6. The van der Waals surface area contributed by atoms with Gasteiger partial charge in [0, 0.05) is 6.42 Å². The zero-order valence-corrected chi connectivity index (χ0v) is 13.5. The predicted octanol–water partition coefficient (Wildman–Crippen LogP) is 2.88. The molecule has 0 spiro atoms. The Kier molecular flexibility index (Phi) is 7.95. The molecule has 23 heavy (non-hydrogen) atoms. The lowest BCUT2D eigenvalue weighted by Gasteiger charge is -2.18. The molecule has 0 aliphatic heterocycles. The Morgan fingerprint density at radius 1 is 1.09 bits per heavy atom. The molecule has 1 rings (SSSR count). The van der Waals surface area contributed by atoms with E-state index in [0.29, 0.717) is 24.8 Å². The summed E-state index contributed by atoms with van der Waals surface area (Å²) in [5.41, 5.74) is 0.587. The van der Waals surface area contributed by atoms with Crippen LogP contribution in [0.25, 0.3) is 0 Å². The molecule has 0 saturated carbocycles. The highest BCUT2D eigenvalue weighted by Gasteiger charge is 2.29. The first-order valence-electron chi connectivity index (χ1n) is 7.29. The lowest BCUT2D eigenvalue weighted by atomic mass is 10.1. The second-order valence-electron chi connectivity index (χ2n) is 5.21. The van der Waals surface area contributed by atoms with Crippen molar-refractivity contribution in [1.29, 1.82) is 0 Å². The Morgan fingerprint density at radius 3 is 2.30 bits per heavy atom. The highest BCUT2D eigenvalue weighted by Crippen LogP contribution is 2.47. The molecule has 128 valence electrons. The molecule has 3 N–H and O–H groups in total. The second kappa shape index (κ2) is 9.45. The fourth-order valence-corrected chi connectivity index (χ4v) is 3.39. The van der Waals surface area contributed by atoms with Crippen LogP contribution in [0.2, 0.25) is 0 Å². The van der Waals surface area contributed by atoms with Gasteiger partial charge in [0.1, 0.15) is 0 Å². The minimum atomic E-state index is -4.07. The third kappa shape index (κ3) is 8.50. The largest absolute Gasteiger partial charge is 0.481 e. The summed E-state index contributed by atoms with van der Waals surface area (Å²) in [5, 5.41) is 17.6. The molecule has 0 amide bonds. The molecule has 8 heteroatoms. The highest BCUT2D eigenvalue weighted by molar-refractivity contribution is 7.52. The van der Waals surface area contributed by atoms with Crippen molar-refractivity contribution in [1.82, 2.24) is 0 Å². The fourth-order valence-electron chi connectivity index (χ4n) is 2.05. The Labute approximate surface area is 134 Å².